The number of nitrogens with one attached hydrogen (secondary N) is 2. The number of fused-ring (bicyclic) bond motifs is 1. The summed E-state index contributed by atoms with van der Waals surface area (Å²) in [5.41, 5.74) is 5.17. The van der Waals surface area contributed by atoms with Gasteiger partial charge < -0.3 is 14.8 Å². The van der Waals surface area contributed by atoms with Crippen LogP contribution in [-0.2, 0) is 0 Å². The van der Waals surface area contributed by atoms with Crippen LogP contribution in [0.3, 0.4) is 0 Å². The van der Waals surface area contributed by atoms with E-state index in [0.29, 0.717) is 6.61 Å². The first-order chi connectivity index (χ1) is 13.6. The minimum Gasteiger partial charge on any atom is -0.497 e. The van der Waals surface area contributed by atoms with Gasteiger partial charge in [-0.05, 0) is 49.4 Å². The number of methoxy groups -OCH3 is 1. The Morgan fingerprint density at radius 2 is 1.86 bits per heavy atom. The third-order valence-electron chi connectivity index (χ3n) is 4.51. The number of nitrogens with zero attached hydrogens (tertiary/aromatic N) is 1. The average Bonchev–Trinajstić information content (AvgIpc) is 3.01. The minimum absolute atomic E-state index is 0.660. The molecule has 28 heavy (non-hydrogen) atoms. The molecule has 0 bridgehead atoms. The van der Waals surface area contributed by atoms with Crippen molar-refractivity contribution in [3.8, 4) is 17.2 Å². The predicted octanol–water partition coefficient (Wildman–Crippen LogP) is 4.81. The highest BCUT2D eigenvalue weighted by Crippen LogP contribution is 2.39. The van der Waals surface area contributed by atoms with E-state index >= 15 is 0 Å². The zero-order valence-corrected chi connectivity index (χ0v) is 17.7. The maximum Gasteiger partial charge on any atom is 0.318 e. The van der Waals surface area contributed by atoms with Crippen LogP contribution < -0.4 is 19.4 Å². The summed E-state index contributed by atoms with van der Waals surface area (Å²) in [4.78, 5) is 4.48. The molecule has 0 saturated carbocycles. The highest BCUT2D eigenvalue weighted by molar-refractivity contribution is 8.02. The molecule has 1 aliphatic heterocycles. The van der Waals surface area contributed by atoms with E-state index in [1.54, 1.807) is 18.9 Å². The van der Waals surface area contributed by atoms with Crippen LogP contribution >= 0.6 is 24.4 Å². The number of rotatable bonds is 5. The van der Waals surface area contributed by atoms with Gasteiger partial charge >= 0.3 is 5.16 Å². The molecule has 2 heterocycles. The lowest BCUT2D eigenvalue weighted by Crippen LogP contribution is -2.36. The largest absolute Gasteiger partial charge is 0.497 e. The van der Waals surface area contributed by atoms with Crippen LogP contribution in [-0.4, -0.2) is 18.7 Å². The van der Waals surface area contributed by atoms with E-state index < -0.39 is 0 Å². The molecule has 0 aliphatic carbocycles. The lowest BCUT2D eigenvalue weighted by molar-refractivity contribution is -0.637. The van der Waals surface area contributed by atoms with E-state index in [9.17, 15) is 0 Å². The number of hydrogen-bond donors (Lipinski definition) is 3. The molecule has 0 atom stereocenters. The Kier molecular flexibility index (Phi) is 5.28. The van der Waals surface area contributed by atoms with Gasteiger partial charge in [0.1, 0.15) is 22.9 Å². The lowest BCUT2D eigenvalue weighted by atomic mass is 10.2. The number of imidazole rings is 1. The monoisotopic (exact) mass is 412 g/mol. The van der Waals surface area contributed by atoms with Crippen molar-refractivity contribution in [2.45, 2.75) is 23.9 Å². The fraction of sp³-hybridized carbons (Fsp3) is 0.190. The van der Waals surface area contributed by atoms with Gasteiger partial charge in [0, 0.05) is 17.2 Å². The Morgan fingerprint density at radius 1 is 1.11 bits per heavy atom. The molecule has 2 N–H and O–H groups in total. The van der Waals surface area contributed by atoms with E-state index in [0.717, 1.165) is 50.0 Å². The van der Waals surface area contributed by atoms with Crippen molar-refractivity contribution in [1.82, 2.24) is 4.98 Å². The van der Waals surface area contributed by atoms with Gasteiger partial charge in [-0.1, -0.05) is 24.4 Å². The molecule has 1 aromatic heterocycles. The van der Waals surface area contributed by atoms with E-state index in [-0.39, 0.29) is 0 Å². The van der Waals surface area contributed by atoms with Crippen molar-refractivity contribution in [2.24, 2.45) is 0 Å². The zero-order chi connectivity index (χ0) is 19.7. The number of aromatic amines is 1. The zero-order valence-electron chi connectivity index (χ0n) is 15.9. The number of benzene rings is 2. The highest BCUT2D eigenvalue weighted by Gasteiger charge is 2.27. The molecule has 4 rings (SSSR count). The van der Waals surface area contributed by atoms with Gasteiger partial charge in [-0.3, -0.25) is 0 Å². The van der Waals surface area contributed by atoms with Gasteiger partial charge in [0.05, 0.1) is 25.1 Å². The summed E-state index contributed by atoms with van der Waals surface area (Å²) < 4.78 is 13.0. The average molecular weight is 413 g/mol. The molecule has 2 aromatic carbocycles. The number of thioether (sulfide) groups is 1. The van der Waals surface area contributed by atoms with Gasteiger partial charge in [-0.2, -0.15) is 4.57 Å². The van der Waals surface area contributed by atoms with Crippen molar-refractivity contribution in [3.05, 3.63) is 59.3 Å². The van der Waals surface area contributed by atoms with Crippen LogP contribution in [0, 0.1) is 6.92 Å². The second-order valence-electron chi connectivity index (χ2n) is 6.32. The molecule has 0 radical (unpaired) electrons. The minimum atomic E-state index is 0.660. The van der Waals surface area contributed by atoms with Gasteiger partial charge in [-0.15, -0.1) is 0 Å². The second kappa shape index (κ2) is 7.85. The molecule has 7 heteroatoms. The summed E-state index contributed by atoms with van der Waals surface area (Å²) >= 11 is 6.34. The van der Waals surface area contributed by atoms with Crippen LogP contribution in [0.25, 0.3) is 11.4 Å². The molecule has 0 unspecified atom stereocenters. The Hall–Kier alpha value is -2.51. The fourth-order valence-corrected chi connectivity index (χ4v) is 4.46. The molecular formula is C21H22N3O2S2+. The number of aromatic nitrogens is 2. The molecule has 144 valence electrons. The molecule has 5 nitrogen and oxygen atoms in total. The lowest BCUT2D eigenvalue weighted by Gasteiger charge is -2.19. The molecular weight excluding hydrogens is 390 g/mol. The first-order valence-electron chi connectivity index (χ1n) is 8.99. The predicted molar refractivity (Wildman–Crippen MR) is 116 cm³/mol. The molecule has 0 amide bonds. The van der Waals surface area contributed by atoms with Gasteiger partial charge in [0.15, 0.2) is 5.69 Å². The standard InChI is InChI=1S/C21H21N3O2S2/c1-4-26-16-9-10-17-19(11-16)28-12-18(23-17)20-13(2)22-21(27)24(20)14-5-7-15(25-3)8-6-14/h5-12,23H,4H2,1-3H3,(H,22,27)/p+1. The maximum atomic E-state index is 5.61. The van der Waals surface area contributed by atoms with Crippen LogP contribution in [0.1, 0.15) is 18.3 Å². The highest BCUT2D eigenvalue weighted by atomic mass is 32.2. The van der Waals surface area contributed by atoms with Crippen molar-refractivity contribution in [3.63, 3.8) is 0 Å². The molecule has 0 saturated heterocycles. The summed E-state index contributed by atoms with van der Waals surface area (Å²) in [6, 6.07) is 14.1. The number of aryl methyl sites for hydroxylation is 1. The summed E-state index contributed by atoms with van der Waals surface area (Å²) in [5, 5.41) is 6.45. The molecule has 3 aromatic rings. The van der Waals surface area contributed by atoms with E-state index in [4.69, 9.17) is 9.47 Å². The van der Waals surface area contributed by atoms with Crippen molar-refractivity contribution >= 4 is 35.8 Å². The number of thiol groups is 1. The van der Waals surface area contributed by atoms with Gasteiger partial charge in [-0.25, -0.2) is 4.98 Å². The molecule has 0 spiro atoms. The first kappa shape index (κ1) is 18.8. The Balaban J connectivity index is 1.72. The van der Waals surface area contributed by atoms with Crippen LogP contribution in [0.15, 0.2) is 57.9 Å². The molecule has 0 fully saturated rings. The number of H-pyrrole nitrogens is 1. The normalized spacial score (nSPS) is 12.8. The van der Waals surface area contributed by atoms with Gasteiger partial charge in [0.2, 0.25) is 0 Å². The third-order valence-corrected chi connectivity index (χ3v) is 5.77. The maximum absolute atomic E-state index is 5.61. The Labute approximate surface area is 174 Å². The Morgan fingerprint density at radius 3 is 2.57 bits per heavy atom. The summed E-state index contributed by atoms with van der Waals surface area (Å²) in [7, 11) is 1.67. The number of anilines is 1. The van der Waals surface area contributed by atoms with Crippen molar-refractivity contribution in [2.75, 3.05) is 19.0 Å². The van der Waals surface area contributed by atoms with E-state index in [1.807, 2.05) is 37.3 Å². The van der Waals surface area contributed by atoms with Crippen LogP contribution in [0.2, 0.25) is 0 Å². The quantitative estimate of drug-likeness (QED) is 0.416. The summed E-state index contributed by atoms with van der Waals surface area (Å²) in [6.07, 6.45) is 0. The van der Waals surface area contributed by atoms with Crippen molar-refractivity contribution < 1.29 is 14.0 Å². The van der Waals surface area contributed by atoms with E-state index in [2.05, 4.69) is 52.0 Å². The van der Waals surface area contributed by atoms with Crippen LogP contribution in [0.4, 0.5) is 5.69 Å². The van der Waals surface area contributed by atoms with Crippen molar-refractivity contribution in [1.29, 1.82) is 0 Å². The summed E-state index contributed by atoms with van der Waals surface area (Å²) in [6.45, 7) is 4.70. The first-order valence-corrected chi connectivity index (χ1v) is 10.3. The van der Waals surface area contributed by atoms with Gasteiger partial charge in [0.25, 0.3) is 0 Å². The van der Waals surface area contributed by atoms with E-state index in [1.165, 1.54) is 0 Å². The summed E-state index contributed by atoms with van der Waals surface area (Å²) in [5.74, 6) is 1.71. The SMILES string of the molecule is CCOc1ccc2c(c1)SC=C(c1c(C)[nH]c(S)[n+]1-c1ccc(OC)cc1)N2. The molecule has 1 aliphatic rings. The fourth-order valence-electron chi connectivity index (χ4n) is 3.23. The van der Waals surface area contributed by atoms with Crippen LogP contribution in [0.5, 0.6) is 11.5 Å². The number of ether oxygens (including phenoxy) is 2. The Bertz CT molecular complexity index is 1040. The smallest absolute Gasteiger partial charge is 0.318 e. The number of hydrogen-bond acceptors (Lipinski definition) is 5. The topological polar surface area (TPSA) is 50.2 Å². The third kappa shape index (κ3) is 3.47. The second-order valence-corrected chi connectivity index (χ2v) is 7.66.